The standard InChI is InChI=1S/C21H24N6O6S2/c1-9(2)6-26-4-3-10(17(26)29)5-11-7-34-19-14(18(30)27(19)15(11)20(31)32)24-16(28)13(25-33)12-8-35-21(22)23-12/h5,8-9,14,19,33H,3-4,6-7H2,1-2H3,(H2,22,23)(H,24,28)(H,31,32)/b10-5+,25-13+/t14-,19-/m1/s1. The van der Waals surface area contributed by atoms with Gasteiger partial charge in [0.1, 0.15) is 22.8 Å². The first-order chi connectivity index (χ1) is 16.6. The van der Waals surface area contributed by atoms with Crippen LogP contribution < -0.4 is 11.1 Å². The lowest BCUT2D eigenvalue weighted by molar-refractivity contribution is -0.150. The summed E-state index contributed by atoms with van der Waals surface area (Å²) in [4.78, 5) is 57.1. The molecule has 0 saturated carbocycles. The van der Waals surface area contributed by atoms with E-state index in [2.05, 4.69) is 15.5 Å². The Morgan fingerprint density at radius 2 is 2.14 bits per heavy atom. The summed E-state index contributed by atoms with van der Waals surface area (Å²) in [6.45, 7) is 5.23. The maximum Gasteiger partial charge on any atom is 0.352 e. The molecule has 35 heavy (non-hydrogen) atoms. The summed E-state index contributed by atoms with van der Waals surface area (Å²) < 4.78 is 0. The molecule has 3 amide bonds. The number of fused-ring (bicyclic) bond motifs is 1. The van der Waals surface area contributed by atoms with Crippen molar-refractivity contribution in [3.05, 3.63) is 34.0 Å². The number of nitrogens with one attached hydrogen (secondary N) is 1. The highest BCUT2D eigenvalue weighted by molar-refractivity contribution is 8.00. The minimum absolute atomic E-state index is 0.0557. The van der Waals surface area contributed by atoms with Crippen molar-refractivity contribution in [2.24, 2.45) is 11.1 Å². The highest BCUT2D eigenvalue weighted by Gasteiger charge is 2.54. The molecule has 1 aromatic heterocycles. The number of carbonyl (C=O) groups excluding carboxylic acids is 3. The van der Waals surface area contributed by atoms with E-state index < -0.39 is 34.9 Å². The average molecular weight is 521 g/mol. The fourth-order valence-electron chi connectivity index (χ4n) is 4.20. The van der Waals surface area contributed by atoms with E-state index in [0.717, 1.165) is 16.2 Å². The van der Waals surface area contributed by atoms with E-state index in [-0.39, 0.29) is 28.2 Å². The molecule has 0 unspecified atom stereocenters. The monoisotopic (exact) mass is 520 g/mol. The maximum atomic E-state index is 12.9. The van der Waals surface area contributed by atoms with Crippen LogP contribution in [0.1, 0.15) is 26.0 Å². The molecular formula is C21H24N6O6S2. The van der Waals surface area contributed by atoms with Gasteiger partial charge >= 0.3 is 5.97 Å². The molecule has 14 heteroatoms. The van der Waals surface area contributed by atoms with E-state index in [1.54, 1.807) is 11.0 Å². The van der Waals surface area contributed by atoms with Crippen LogP contribution in [0.5, 0.6) is 0 Å². The Morgan fingerprint density at radius 3 is 2.74 bits per heavy atom. The van der Waals surface area contributed by atoms with Crippen LogP contribution in [0.3, 0.4) is 0 Å². The number of hydrogen-bond acceptors (Lipinski definition) is 10. The summed E-state index contributed by atoms with van der Waals surface area (Å²) >= 11 is 2.33. The molecule has 0 aromatic carbocycles. The predicted molar refractivity (Wildman–Crippen MR) is 129 cm³/mol. The van der Waals surface area contributed by atoms with Crippen LogP contribution in [0.15, 0.2) is 33.5 Å². The summed E-state index contributed by atoms with van der Waals surface area (Å²) in [5.74, 6) is -2.31. The van der Waals surface area contributed by atoms with Crippen LogP contribution in [-0.4, -0.2) is 84.8 Å². The topological polar surface area (TPSA) is 179 Å². The van der Waals surface area contributed by atoms with Crippen molar-refractivity contribution in [1.29, 1.82) is 0 Å². The Bertz CT molecular complexity index is 1190. The lowest BCUT2D eigenvalue weighted by atomic mass is 10.0. The lowest BCUT2D eigenvalue weighted by Gasteiger charge is -2.49. The molecule has 2 fully saturated rings. The van der Waals surface area contributed by atoms with Crippen molar-refractivity contribution >= 4 is 57.6 Å². The first-order valence-electron chi connectivity index (χ1n) is 10.8. The third kappa shape index (κ3) is 4.62. The molecule has 4 rings (SSSR count). The zero-order chi connectivity index (χ0) is 25.4. The van der Waals surface area contributed by atoms with Crippen molar-refractivity contribution in [3.63, 3.8) is 0 Å². The van der Waals surface area contributed by atoms with Gasteiger partial charge in [-0.3, -0.25) is 19.3 Å². The van der Waals surface area contributed by atoms with E-state index in [4.69, 9.17) is 5.73 Å². The number of aliphatic carboxylic acids is 1. The van der Waals surface area contributed by atoms with Crippen LogP contribution in [0.25, 0.3) is 0 Å². The van der Waals surface area contributed by atoms with E-state index >= 15 is 0 Å². The van der Waals surface area contributed by atoms with Gasteiger partial charge < -0.3 is 26.3 Å². The highest BCUT2D eigenvalue weighted by Crippen LogP contribution is 2.41. The van der Waals surface area contributed by atoms with E-state index in [1.165, 1.54) is 17.1 Å². The van der Waals surface area contributed by atoms with Gasteiger partial charge in [0.2, 0.25) is 5.91 Å². The zero-order valence-electron chi connectivity index (χ0n) is 18.9. The van der Waals surface area contributed by atoms with Crippen LogP contribution >= 0.6 is 23.1 Å². The number of nitrogen functional groups attached to an aromatic ring is 1. The number of allylic oxidation sites excluding steroid dienone is 1. The fraction of sp³-hybridized carbons (Fsp3) is 0.429. The molecule has 4 heterocycles. The number of rotatable bonds is 7. The molecule has 0 radical (unpaired) electrons. The molecule has 0 bridgehead atoms. The number of aromatic nitrogens is 1. The number of thiazole rings is 1. The third-order valence-corrected chi connectivity index (χ3v) is 7.69. The van der Waals surface area contributed by atoms with Gasteiger partial charge in [0, 0.05) is 29.8 Å². The number of thioether (sulfide) groups is 1. The smallest absolute Gasteiger partial charge is 0.352 e. The normalized spacial score (nSPS) is 23.7. The van der Waals surface area contributed by atoms with Gasteiger partial charge in [0.15, 0.2) is 10.8 Å². The van der Waals surface area contributed by atoms with E-state index in [9.17, 15) is 29.5 Å². The summed E-state index contributed by atoms with van der Waals surface area (Å²) in [7, 11) is 0. The number of carboxylic acid groups (broad SMARTS) is 1. The number of nitrogens with two attached hydrogens (primary N) is 1. The van der Waals surface area contributed by atoms with Crippen molar-refractivity contribution < 1.29 is 29.5 Å². The van der Waals surface area contributed by atoms with Crippen LogP contribution in [0.2, 0.25) is 0 Å². The number of β-lactam (4-membered cyclic amide) rings is 1. The zero-order valence-corrected chi connectivity index (χ0v) is 20.6. The maximum absolute atomic E-state index is 12.9. The molecular weight excluding hydrogens is 496 g/mol. The van der Waals surface area contributed by atoms with Crippen molar-refractivity contribution in [2.45, 2.75) is 31.7 Å². The predicted octanol–water partition coefficient (Wildman–Crippen LogP) is 0.457. The Morgan fingerprint density at radius 1 is 1.40 bits per heavy atom. The second-order valence-electron chi connectivity index (χ2n) is 8.62. The molecule has 0 spiro atoms. The van der Waals surface area contributed by atoms with E-state index in [0.29, 0.717) is 36.6 Å². The highest BCUT2D eigenvalue weighted by atomic mass is 32.2. The van der Waals surface area contributed by atoms with Gasteiger partial charge in [-0.15, -0.1) is 23.1 Å². The Hall–Kier alpha value is -3.39. The first-order valence-corrected chi connectivity index (χ1v) is 12.7. The minimum Gasteiger partial charge on any atom is -0.477 e. The van der Waals surface area contributed by atoms with Crippen LogP contribution in [-0.2, 0) is 19.2 Å². The quantitative estimate of drug-likeness (QED) is 0.131. The number of carbonyl (C=O) groups is 4. The van der Waals surface area contributed by atoms with Gasteiger partial charge in [0.05, 0.1) is 0 Å². The van der Waals surface area contributed by atoms with Crippen LogP contribution in [0.4, 0.5) is 5.13 Å². The number of amides is 3. The average Bonchev–Trinajstić information content (AvgIpc) is 3.37. The second kappa shape index (κ2) is 9.70. The van der Waals surface area contributed by atoms with Gasteiger partial charge in [0.25, 0.3) is 11.8 Å². The molecule has 5 N–H and O–H groups in total. The number of likely N-dealkylation sites (tertiary alicyclic amines) is 1. The van der Waals surface area contributed by atoms with Crippen molar-refractivity contribution in [3.8, 4) is 0 Å². The van der Waals surface area contributed by atoms with Gasteiger partial charge in [-0.2, -0.15) is 0 Å². The Labute approximate surface area is 208 Å². The molecule has 1 aromatic rings. The molecule has 2 saturated heterocycles. The molecule has 12 nitrogen and oxygen atoms in total. The summed E-state index contributed by atoms with van der Waals surface area (Å²) in [5.41, 5.74) is 5.90. The van der Waals surface area contributed by atoms with Gasteiger partial charge in [-0.25, -0.2) is 9.78 Å². The molecule has 186 valence electrons. The molecule has 3 aliphatic heterocycles. The third-order valence-electron chi connectivity index (χ3n) is 5.71. The largest absolute Gasteiger partial charge is 0.477 e. The lowest BCUT2D eigenvalue weighted by Crippen LogP contribution is -2.71. The van der Waals surface area contributed by atoms with E-state index in [1.807, 2.05) is 13.8 Å². The first kappa shape index (κ1) is 24.7. The summed E-state index contributed by atoms with van der Waals surface area (Å²) in [6.07, 6.45) is 2.09. The van der Waals surface area contributed by atoms with Gasteiger partial charge in [-0.1, -0.05) is 19.0 Å². The number of anilines is 1. The fourth-order valence-corrected chi connectivity index (χ4v) is 6.05. The van der Waals surface area contributed by atoms with Crippen molar-refractivity contribution in [2.75, 3.05) is 24.6 Å². The summed E-state index contributed by atoms with van der Waals surface area (Å²) in [5, 5.41) is 25.5. The number of carboxylic acids is 1. The SMILES string of the molecule is CC(C)CN1CC/C(=C\C2=C(C(=O)O)N3C(=O)[C@@H](NC(=O)/C(=N/O)c4csc(N)n4)[C@H]3SC2)C1=O. The summed E-state index contributed by atoms with van der Waals surface area (Å²) in [6, 6.07) is -1.02. The molecule has 0 aliphatic carbocycles. The van der Waals surface area contributed by atoms with Gasteiger partial charge in [-0.05, 0) is 24.0 Å². The molecule has 3 aliphatic rings. The van der Waals surface area contributed by atoms with Crippen LogP contribution in [0, 0.1) is 5.92 Å². The Balaban J connectivity index is 1.52. The number of nitrogens with zero attached hydrogens (tertiary/aromatic N) is 4. The molecule has 2 atom stereocenters. The minimum atomic E-state index is -1.29. The van der Waals surface area contributed by atoms with Crippen molar-refractivity contribution in [1.82, 2.24) is 20.1 Å². The number of hydrogen-bond donors (Lipinski definition) is 4. The second-order valence-corrected chi connectivity index (χ2v) is 10.6. The number of oxime groups is 1. The Kier molecular flexibility index (Phi) is 6.85.